The molecule has 0 unspecified atom stereocenters. The van der Waals surface area contributed by atoms with E-state index in [1.165, 1.54) is 0 Å². The Hall–Kier alpha value is -1.30. The highest BCUT2D eigenvalue weighted by Crippen LogP contribution is 2.24. The van der Waals surface area contributed by atoms with Gasteiger partial charge in [-0.25, -0.2) is 0 Å². The first-order valence-corrected chi connectivity index (χ1v) is 7.44. The van der Waals surface area contributed by atoms with Crippen LogP contribution in [0.4, 0.5) is 5.69 Å². The molecule has 1 aromatic rings. The molecule has 1 N–H and O–H groups in total. The smallest absolute Gasteiger partial charge is 0.238 e. The van der Waals surface area contributed by atoms with Crippen molar-refractivity contribution in [2.45, 2.75) is 6.92 Å². The monoisotopic (exact) mass is 329 g/mol. The van der Waals surface area contributed by atoms with Gasteiger partial charge in [-0.05, 0) is 18.2 Å². The topological polar surface area (TPSA) is 52.7 Å². The number of piperazine rings is 1. The molecule has 0 aliphatic carbocycles. The third-order valence-electron chi connectivity index (χ3n) is 3.39. The third-order valence-corrected chi connectivity index (χ3v) is 4.13. The average Bonchev–Trinajstić information content (AvgIpc) is 2.43. The Kier molecular flexibility index (Phi) is 5.45. The molecule has 0 aromatic heterocycles. The Bertz CT molecular complexity index is 543. The summed E-state index contributed by atoms with van der Waals surface area (Å²) in [7, 11) is 0. The van der Waals surface area contributed by atoms with Crippen LogP contribution in [0.5, 0.6) is 0 Å². The number of nitrogens with one attached hydrogen (secondary N) is 1. The second-order valence-corrected chi connectivity index (χ2v) is 5.77. The molecule has 21 heavy (non-hydrogen) atoms. The summed E-state index contributed by atoms with van der Waals surface area (Å²) in [6.07, 6.45) is 0. The van der Waals surface area contributed by atoms with E-state index in [1.54, 1.807) is 30.0 Å². The molecule has 1 aromatic carbocycles. The van der Waals surface area contributed by atoms with Gasteiger partial charge in [-0.1, -0.05) is 23.2 Å². The lowest BCUT2D eigenvalue weighted by atomic mass is 10.3. The summed E-state index contributed by atoms with van der Waals surface area (Å²) in [5.41, 5.74) is 0.622. The maximum absolute atomic E-state index is 12.0. The molecule has 1 aliphatic rings. The van der Waals surface area contributed by atoms with Crippen LogP contribution in [0, 0.1) is 0 Å². The zero-order valence-corrected chi connectivity index (χ0v) is 13.2. The average molecular weight is 330 g/mol. The van der Waals surface area contributed by atoms with E-state index < -0.39 is 0 Å². The standard InChI is InChI=1S/C14H17Cl2N3O2/c1-10(20)19-6-4-18(5-7-19)9-14(21)17-11-2-3-12(15)13(16)8-11/h2-3,8H,4-7,9H2,1H3,(H,17,21). The molecular formula is C14H17Cl2N3O2. The Balaban J connectivity index is 1.82. The Labute approximate surface area is 133 Å². The molecule has 0 atom stereocenters. The fourth-order valence-electron chi connectivity index (χ4n) is 2.20. The minimum atomic E-state index is -0.107. The number of carbonyl (C=O) groups excluding carboxylic acids is 2. The largest absolute Gasteiger partial charge is 0.340 e. The van der Waals surface area contributed by atoms with Crippen molar-refractivity contribution in [2.24, 2.45) is 0 Å². The fourth-order valence-corrected chi connectivity index (χ4v) is 2.50. The van der Waals surface area contributed by atoms with Crippen LogP contribution in [0.3, 0.4) is 0 Å². The second-order valence-electron chi connectivity index (χ2n) is 4.96. The summed E-state index contributed by atoms with van der Waals surface area (Å²) in [5, 5.41) is 3.65. The van der Waals surface area contributed by atoms with E-state index in [1.807, 2.05) is 4.90 Å². The second kappa shape index (κ2) is 7.11. The quantitative estimate of drug-likeness (QED) is 0.923. The zero-order valence-electron chi connectivity index (χ0n) is 11.7. The number of hydrogen-bond acceptors (Lipinski definition) is 3. The first kappa shape index (κ1) is 16.1. The highest BCUT2D eigenvalue weighted by Gasteiger charge is 2.20. The maximum Gasteiger partial charge on any atom is 0.238 e. The molecule has 5 nitrogen and oxygen atoms in total. The van der Waals surface area contributed by atoms with Crippen LogP contribution in [-0.2, 0) is 9.59 Å². The highest BCUT2D eigenvalue weighted by molar-refractivity contribution is 6.42. The van der Waals surface area contributed by atoms with Crippen LogP contribution in [0.2, 0.25) is 10.0 Å². The van der Waals surface area contributed by atoms with Gasteiger partial charge in [0.2, 0.25) is 11.8 Å². The molecule has 0 saturated carbocycles. The van der Waals surface area contributed by atoms with Crippen LogP contribution >= 0.6 is 23.2 Å². The fraction of sp³-hybridized carbons (Fsp3) is 0.429. The van der Waals surface area contributed by atoms with E-state index in [4.69, 9.17) is 23.2 Å². The summed E-state index contributed by atoms with van der Waals surface area (Å²) >= 11 is 11.7. The molecule has 114 valence electrons. The van der Waals surface area contributed by atoms with Gasteiger partial charge in [0.25, 0.3) is 0 Å². The molecule has 1 heterocycles. The van der Waals surface area contributed by atoms with E-state index in [0.29, 0.717) is 48.5 Å². The Morgan fingerprint density at radius 2 is 1.81 bits per heavy atom. The van der Waals surface area contributed by atoms with Crippen molar-refractivity contribution in [3.63, 3.8) is 0 Å². The number of anilines is 1. The van der Waals surface area contributed by atoms with E-state index in [-0.39, 0.29) is 11.8 Å². The van der Waals surface area contributed by atoms with Crippen LogP contribution in [0.25, 0.3) is 0 Å². The lowest BCUT2D eigenvalue weighted by molar-refractivity contribution is -0.130. The van der Waals surface area contributed by atoms with Gasteiger partial charge in [0.05, 0.1) is 16.6 Å². The lowest BCUT2D eigenvalue weighted by Crippen LogP contribution is -2.49. The molecule has 1 fully saturated rings. The van der Waals surface area contributed by atoms with E-state index in [0.717, 1.165) is 0 Å². The summed E-state index contributed by atoms with van der Waals surface area (Å²) in [4.78, 5) is 27.0. The van der Waals surface area contributed by atoms with Crippen LogP contribution < -0.4 is 5.32 Å². The third kappa shape index (κ3) is 4.59. The maximum atomic E-state index is 12.0. The molecule has 1 aliphatic heterocycles. The number of nitrogens with zero attached hydrogens (tertiary/aromatic N) is 2. The van der Waals surface area contributed by atoms with Gasteiger partial charge in [-0.2, -0.15) is 0 Å². The van der Waals surface area contributed by atoms with Crippen molar-refractivity contribution >= 4 is 40.7 Å². The Morgan fingerprint density at radius 1 is 1.14 bits per heavy atom. The number of benzene rings is 1. The van der Waals surface area contributed by atoms with Gasteiger partial charge in [0.15, 0.2) is 0 Å². The predicted octanol–water partition coefficient (Wildman–Crippen LogP) is 2.10. The van der Waals surface area contributed by atoms with Gasteiger partial charge in [0, 0.05) is 38.8 Å². The van der Waals surface area contributed by atoms with Gasteiger partial charge in [0.1, 0.15) is 0 Å². The first-order chi connectivity index (χ1) is 9.95. The summed E-state index contributed by atoms with van der Waals surface area (Å²) < 4.78 is 0. The molecular weight excluding hydrogens is 313 g/mol. The van der Waals surface area contributed by atoms with Crippen molar-refractivity contribution in [1.82, 2.24) is 9.80 Å². The van der Waals surface area contributed by atoms with Gasteiger partial charge in [-0.15, -0.1) is 0 Å². The first-order valence-electron chi connectivity index (χ1n) is 6.68. The number of amides is 2. The van der Waals surface area contributed by atoms with Crippen LogP contribution in [0.15, 0.2) is 18.2 Å². The number of carbonyl (C=O) groups is 2. The van der Waals surface area contributed by atoms with Gasteiger partial charge in [-0.3, -0.25) is 14.5 Å². The Morgan fingerprint density at radius 3 is 2.38 bits per heavy atom. The number of rotatable bonds is 3. The predicted molar refractivity (Wildman–Crippen MR) is 83.8 cm³/mol. The number of hydrogen-bond donors (Lipinski definition) is 1. The van der Waals surface area contributed by atoms with E-state index in [2.05, 4.69) is 5.32 Å². The van der Waals surface area contributed by atoms with Crippen molar-refractivity contribution in [1.29, 1.82) is 0 Å². The summed E-state index contributed by atoms with van der Waals surface area (Å²) in [5.74, 6) is -0.0282. The van der Waals surface area contributed by atoms with Crippen LogP contribution in [-0.4, -0.2) is 54.3 Å². The van der Waals surface area contributed by atoms with Crippen molar-refractivity contribution in [3.05, 3.63) is 28.2 Å². The molecule has 2 amide bonds. The SMILES string of the molecule is CC(=O)N1CCN(CC(=O)Nc2ccc(Cl)c(Cl)c2)CC1. The molecule has 2 rings (SSSR count). The highest BCUT2D eigenvalue weighted by atomic mass is 35.5. The van der Waals surface area contributed by atoms with Crippen LogP contribution in [0.1, 0.15) is 6.92 Å². The van der Waals surface area contributed by atoms with Crippen molar-refractivity contribution in [3.8, 4) is 0 Å². The van der Waals surface area contributed by atoms with Crippen molar-refractivity contribution in [2.75, 3.05) is 38.0 Å². The molecule has 1 saturated heterocycles. The van der Waals surface area contributed by atoms with E-state index >= 15 is 0 Å². The molecule has 7 heteroatoms. The molecule has 0 radical (unpaired) electrons. The minimum Gasteiger partial charge on any atom is -0.340 e. The van der Waals surface area contributed by atoms with Gasteiger partial charge >= 0.3 is 0 Å². The van der Waals surface area contributed by atoms with Gasteiger partial charge < -0.3 is 10.2 Å². The summed E-state index contributed by atoms with van der Waals surface area (Å²) in [6.45, 7) is 4.59. The summed E-state index contributed by atoms with van der Waals surface area (Å²) in [6, 6.07) is 4.97. The zero-order chi connectivity index (χ0) is 15.4. The van der Waals surface area contributed by atoms with Crippen molar-refractivity contribution < 1.29 is 9.59 Å². The normalized spacial score (nSPS) is 15.9. The minimum absolute atomic E-state index is 0.0786. The lowest BCUT2D eigenvalue weighted by Gasteiger charge is -2.33. The number of halogens is 2. The van der Waals surface area contributed by atoms with E-state index in [9.17, 15) is 9.59 Å². The molecule has 0 bridgehead atoms. The molecule has 0 spiro atoms.